The topological polar surface area (TPSA) is 85.8 Å². The quantitative estimate of drug-likeness (QED) is 0.618. The molecule has 1 aromatic carbocycles. The zero-order valence-electron chi connectivity index (χ0n) is 15.0. The third kappa shape index (κ3) is 4.00. The Balaban J connectivity index is 1.67. The summed E-state index contributed by atoms with van der Waals surface area (Å²) in [5, 5.41) is 11.1. The molecule has 26 heavy (non-hydrogen) atoms. The molecule has 0 aliphatic heterocycles. The molecule has 0 bridgehead atoms. The molecule has 0 saturated heterocycles. The van der Waals surface area contributed by atoms with E-state index >= 15 is 0 Å². The number of nitrogens with one attached hydrogen (secondary N) is 1. The van der Waals surface area contributed by atoms with Crippen LogP contribution >= 0.6 is 11.8 Å². The molecule has 3 atom stereocenters. The Morgan fingerprint density at radius 1 is 1.35 bits per heavy atom. The predicted octanol–water partition coefficient (Wildman–Crippen LogP) is 2.97. The molecule has 1 aliphatic carbocycles. The summed E-state index contributed by atoms with van der Waals surface area (Å²) in [7, 11) is 0. The Morgan fingerprint density at radius 2 is 2.08 bits per heavy atom. The minimum atomic E-state index is -0.416. The Hall–Kier alpha value is -2.09. The van der Waals surface area contributed by atoms with Gasteiger partial charge in [0.15, 0.2) is 5.82 Å². The number of hydrogen-bond acceptors (Lipinski definition) is 5. The number of amides is 1. The van der Waals surface area contributed by atoms with Crippen molar-refractivity contribution < 1.29 is 9.18 Å². The summed E-state index contributed by atoms with van der Waals surface area (Å²) in [6.45, 7) is 3.99. The number of benzene rings is 1. The number of carbonyl (C=O) groups excluding carboxylic acids is 1. The number of thioether (sulfide) groups is 1. The van der Waals surface area contributed by atoms with Crippen molar-refractivity contribution in [3.8, 4) is 11.4 Å². The maximum absolute atomic E-state index is 13.9. The molecule has 6 nitrogen and oxygen atoms in total. The number of rotatable bonds is 5. The minimum Gasteiger partial charge on any atom is -0.352 e. The lowest BCUT2D eigenvalue weighted by molar-refractivity contribution is -0.121. The lowest BCUT2D eigenvalue weighted by Crippen LogP contribution is -2.44. The van der Waals surface area contributed by atoms with Gasteiger partial charge in [-0.05, 0) is 37.8 Å². The monoisotopic (exact) mass is 377 g/mol. The molecule has 1 aromatic heterocycles. The molecule has 140 valence electrons. The first-order valence-corrected chi connectivity index (χ1v) is 9.77. The van der Waals surface area contributed by atoms with E-state index < -0.39 is 5.82 Å². The Kier molecular flexibility index (Phi) is 5.80. The molecular formula is C18H24FN5OS. The van der Waals surface area contributed by atoms with Gasteiger partial charge in [-0.25, -0.2) is 9.07 Å². The molecule has 1 fully saturated rings. The van der Waals surface area contributed by atoms with E-state index in [2.05, 4.69) is 22.4 Å². The summed E-state index contributed by atoms with van der Waals surface area (Å²) >= 11 is 1.22. The van der Waals surface area contributed by atoms with E-state index in [1.807, 2.05) is 6.92 Å². The number of nitrogen functional groups attached to an aromatic ring is 1. The standard InChI is InChI=1S/C18H24FN5OS/c1-11-7-3-6-10-15(11)21-17(25)12(2)26-18-23-22-16(24(18)20)13-8-4-5-9-14(13)19/h4-5,8-9,11-12,15H,3,6-7,10,20H2,1-2H3,(H,21,25). The molecule has 2 aromatic rings. The number of carbonyl (C=O) groups is 1. The van der Waals surface area contributed by atoms with Crippen molar-refractivity contribution in [1.29, 1.82) is 0 Å². The summed E-state index contributed by atoms with van der Waals surface area (Å²) in [5.74, 6) is 6.31. The minimum absolute atomic E-state index is 0.0378. The smallest absolute Gasteiger partial charge is 0.233 e. The molecule has 3 unspecified atom stereocenters. The molecular weight excluding hydrogens is 353 g/mol. The van der Waals surface area contributed by atoms with Crippen molar-refractivity contribution in [2.45, 2.75) is 56.0 Å². The Labute approximate surface area is 156 Å². The van der Waals surface area contributed by atoms with E-state index in [1.165, 1.54) is 28.9 Å². The summed E-state index contributed by atoms with van der Waals surface area (Å²) in [5.41, 5.74) is 0.280. The number of nitrogens with two attached hydrogens (primary N) is 1. The predicted molar refractivity (Wildman–Crippen MR) is 100 cm³/mol. The maximum atomic E-state index is 13.9. The van der Waals surface area contributed by atoms with Crippen LogP contribution in [0.3, 0.4) is 0 Å². The van der Waals surface area contributed by atoms with Crippen molar-refractivity contribution in [2.24, 2.45) is 5.92 Å². The van der Waals surface area contributed by atoms with Gasteiger partial charge >= 0.3 is 0 Å². The van der Waals surface area contributed by atoms with Crippen LogP contribution in [0.1, 0.15) is 39.5 Å². The number of aromatic nitrogens is 3. The number of halogens is 1. The second-order valence-corrected chi connectivity index (χ2v) is 8.10. The van der Waals surface area contributed by atoms with Crippen LogP contribution in [0.25, 0.3) is 11.4 Å². The maximum Gasteiger partial charge on any atom is 0.233 e. The molecule has 1 saturated carbocycles. The molecule has 1 amide bonds. The van der Waals surface area contributed by atoms with Crippen LogP contribution in [0.2, 0.25) is 0 Å². The largest absolute Gasteiger partial charge is 0.352 e. The summed E-state index contributed by atoms with van der Waals surface area (Å²) in [6, 6.07) is 6.48. The fourth-order valence-electron chi connectivity index (χ4n) is 3.23. The summed E-state index contributed by atoms with van der Waals surface area (Å²) in [4.78, 5) is 12.5. The second kappa shape index (κ2) is 8.07. The number of hydrogen-bond donors (Lipinski definition) is 2. The van der Waals surface area contributed by atoms with Crippen molar-refractivity contribution in [3.05, 3.63) is 30.1 Å². The lowest BCUT2D eigenvalue weighted by atomic mass is 9.86. The highest BCUT2D eigenvalue weighted by Crippen LogP contribution is 2.27. The van der Waals surface area contributed by atoms with Crippen molar-refractivity contribution in [1.82, 2.24) is 20.2 Å². The van der Waals surface area contributed by atoms with Gasteiger partial charge in [-0.15, -0.1) is 10.2 Å². The third-order valence-corrected chi connectivity index (χ3v) is 5.93. The fraction of sp³-hybridized carbons (Fsp3) is 0.500. The second-order valence-electron chi connectivity index (χ2n) is 6.79. The molecule has 1 aliphatic rings. The van der Waals surface area contributed by atoms with Crippen LogP contribution in [0.5, 0.6) is 0 Å². The van der Waals surface area contributed by atoms with Gasteiger partial charge in [-0.1, -0.05) is 43.7 Å². The molecule has 3 rings (SSSR count). The first-order valence-electron chi connectivity index (χ1n) is 8.89. The fourth-order valence-corrected chi connectivity index (χ4v) is 4.01. The molecule has 0 spiro atoms. The molecule has 8 heteroatoms. The zero-order chi connectivity index (χ0) is 18.7. The van der Waals surface area contributed by atoms with E-state index in [-0.39, 0.29) is 28.6 Å². The number of nitrogens with zero attached hydrogens (tertiary/aromatic N) is 3. The highest BCUT2D eigenvalue weighted by Gasteiger charge is 2.26. The van der Waals surface area contributed by atoms with E-state index in [4.69, 9.17) is 5.84 Å². The molecule has 1 heterocycles. The van der Waals surface area contributed by atoms with Crippen LogP contribution in [0.15, 0.2) is 29.4 Å². The van der Waals surface area contributed by atoms with Crippen LogP contribution < -0.4 is 11.2 Å². The van der Waals surface area contributed by atoms with Crippen LogP contribution in [0.4, 0.5) is 4.39 Å². The highest BCUT2D eigenvalue weighted by atomic mass is 32.2. The first-order chi connectivity index (χ1) is 12.5. The van der Waals surface area contributed by atoms with Gasteiger partial charge in [0.25, 0.3) is 0 Å². The SMILES string of the molecule is CC(Sc1nnc(-c2ccccc2F)n1N)C(=O)NC1CCCCC1C. The molecule has 3 N–H and O–H groups in total. The van der Waals surface area contributed by atoms with Gasteiger partial charge in [-0.2, -0.15) is 0 Å². The summed E-state index contributed by atoms with van der Waals surface area (Å²) in [6.07, 6.45) is 4.55. The van der Waals surface area contributed by atoms with Gasteiger partial charge in [0.05, 0.1) is 10.8 Å². The van der Waals surface area contributed by atoms with Crippen molar-refractivity contribution >= 4 is 17.7 Å². The van der Waals surface area contributed by atoms with Crippen LogP contribution in [0, 0.1) is 11.7 Å². The normalized spacial score (nSPS) is 21.3. The van der Waals surface area contributed by atoms with E-state index in [9.17, 15) is 9.18 Å². The average molecular weight is 377 g/mol. The highest BCUT2D eigenvalue weighted by molar-refractivity contribution is 8.00. The van der Waals surface area contributed by atoms with Gasteiger partial charge < -0.3 is 11.2 Å². The Bertz CT molecular complexity index is 781. The van der Waals surface area contributed by atoms with E-state index in [1.54, 1.807) is 18.2 Å². The van der Waals surface area contributed by atoms with E-state index in [0.29, 0.717) is 11.1 Å². The average Bonchev–Trinajstić information content (AvgIpc) is 2.98. The van der Waals surface area contributed by atoms with Gasteiger partial charge in [-0.3, -0.25) is 4.79 Å². The zero-order valence-corrected chi connectivity index (χ0v) is 15.8. The van der Waals surface area contributed by atoms with Gasteiger partial charge in [0.1, 0.15) is 5.82 Å². The third-order valence-electron chi connectivity index (χ3n) is 4.87. The van der Waals surface area contributed by atoms with Crippen molar-refractivity contribution in [3.63, 3.8) is 0 Å². The van der Waals surface area contributed by atoms with E-state index in [0.717, 1.165) is 19.3 Å². The lowest BCUT2D eigenvalue weighted by Gasteiger charge is -2.30. The van der Waals surface area contributed by atoms with Crippen LogP contribution in [-0.4, -0.2) is 32.1 Å². The first kappa shape index (κ1) is 18.7. The summed E-state index contributed by atoms with van der Waals surface area (Å²) < 4.78 is 15.2. The van der Waals surface area contributed by atoms with Gasteiger partial charge in [0, 0.05) is 6.04 Å². The molecule has 0 radical (unpaired) electrons. The van der Waals surface area contributed by atoms with Gasteiger partial charge in [0.2, 0.25) is 11.1 Å². The van der Waals surface area contributed by atoms with Crippen molar-refractivity contribution in [2.75, 3.05) is 5.84 Å². The van der Waals surface area contributed by atoms with Crippen LogP contribution in [-0.2, 0) is 4.79 Å². The Morgan fingerprint density at radius 3 is 2.81 bits per heavy atom.